The molecule has 1 atom stereocenters. The van der Waals surface area contributed by atoms with Gasteiger partial charge in [-0.05, 0) is 49.3 Å². The van der Waals surface area contributed by atoms with Gasteiger partial charge < -0.3 is 20.1 Å². The molecule has 3 rings (SSSR count). The summed E-state index contributed by atoms with van der Waals surface area (Å²) >= 11 is 5.25. The summed E-state index contributed by atoms with van der Waals surface area (Å²) < 4.78 is 10.7. The van der Waals surface area contributed by atoms with E-state index in [1.807, 2.05) is 0 Å². The Hall–Kier alpha value is -2.97. The Bertz CT molecular complexity index is 897. The zero-order chi connectivity index (χ0) is 20.6. The lowest BCUT2D eigenvalue weighted by Crippen LogP contribution is -2.36. The van der Waals surface area contributed by atoms with E-state index in [-0.39, 0.29) is 17.1 Å². The number of amides is 2. The Morgan fingerprint density at radius 2 is 1.83 bits per heavy atom. The second-order valence-corrected chi connectivity index (χ2v) is 6.91. The molecule has 0 aromatic heterocycles. The smallest absolute Gasteiger partial charge is 0.261 e. The summed E-state index contributed by atoms with van der Waals surface area (Å²) in [6.45, 7) is 1.20. The number of methoxy groups -OCH3 is 1. The van der Waals surface area contributed by atoms with Gasteiger partial charge in [-0.2, -0.15) is 0 Å². The summed E-state index contributed by atoms with van der Waals surface area (Å²) in [6.07, 6.45) is 2.01. The van der Waals surface area contributed by atoms with Crippen molar-refractivity contribution in [2.45, 2.75) is 18.9 Å². The second-order valence-electron chi connectivity index (χ2n) is 6.50. The molecule has 3 N–H and O–H groups in total. The Labute approximate surface area is 174 Å². The fourth-order valence-corrected chi connectivity index (χ4v) is 3.26. The van der Waals surface area contributed by atoms with Gasteiger partial charge >= 0.3 is 0 Å². The molecule has 2 aromatic rings. The first kappa shape index (κ1) is 20.8. The highest BCUT2D eigenvalue weighted by molar-refractivity contribution is 7.80. The van der Waals surface area contributed by atoms with E-state index in [0.29, 0.717) is 29.1 Å². The number of thiocarbonyl (C=S) groups is 1. The van der Waals surface area contributed by atoms with Gasteiger partial charge in [0.2, 0.25) is 0 Å². The van der Waals surface area contributed by atoms with E-state index in [1.54, 1.807) is 48.5 Å². The van der Waals surface area contributed by atoms with Crippen LogP contribution in [0.5, 0.6) is 5.75 Å². The van der Waals surface area contributed by atoms with E-state index in [2.05, 4.69) is 16.0 Å². The lowest BCUT2D eigenvalue weighted by atomic mass is 10.1. The number of hydrogen-bond acceptors (Lipinski definition) is 5. The Balaban J connectivity index is 1.63. The highest BCUT2D eigenvalue weighted by atomic mass is 32.1. The first-order chi connectivity index (χ1) is 14.1. The van der Waals surface area contributed by atoms with Crippen LogP contribution in [-0.4, -0.2) is 43.3 Å². The summed E-state index contributed by atoms with van der Waals surface area (Å²) in [5.74, 6) is -0.190. The van der Waals surface area contributed by atoms with E-state index >= 15 is 0 Å². The van der Waals surface area contributed by atoms with Crippen LogP contribution in [0, 0.1) is 0 Å². The molecule has 152 valence electrons. The number of nitrogens with one attached hydrogen (secondary N) is 3. The van der Waals surface area contributed by atoms with Crippen molar-refractivity contribution in [3.63, 3.8) is 0 Å². The fourth-order valence-electron chi connectivity index (χ4n) is 3.05. The number of hydrogen-bond donors (Lipinski definition) is 3. The summed E-state index contributed by atoms with van der Waals surface area (Å²) in [5, 5.41) is 8.50. The number of ether oxygens (including phenoxy) is 2. The molecule has 1 heterocycles. The lowest BCUT2D eigenvalue weighted by Gasteiger charge is -2.15. The number of rotatable bonds is 6. The molecule has 0 aliphatic carbocycles. The van der Waals surface area contributed by atoms with Gasteiger partial charge in [0.1, 0.15) is 5.75 Å². The number of carbonyl (C=O) groups is 2. The molecule has 29 heavy (non-hydrogen) atoms. The maximum atomic E-state index is 12.6. The largest absolute Gasteiger partial charge is 0.496 e. The van der Waals surface area contributed by atoms with Crippen molar-refractivity contribution in [1.29, 1.82) is 0 Å². The van der Waals surface area contributed by atoms with E-state index < -0.39 is 5.91 Å². The third-order valence-corrected chi connectivity index (χ3v) is 4.72. The topological polar surface area (TPSA) is 88.7 Å². The zero-order valence-electron chi connectivity index (χ0n) is 16.1. The lowest BCUT2D eigenvalue weighted by molar-refractivity contribution is 0.0858. The monoisotopic (exact) mass is 413 g/mol. The third-order valence-electron chi connectivity index (χ3n) is 4.51. The van der Waals surface area contributed by atoms with Crippen molar-refractivity contribution in [3.05, 3.63) is 59.7 Å². The van der Waals surface area contributed by atoms with Gasteiger partial charge in [0.25, 0.3) is 11.8 Å². The van der Waals surface area contributed by atoms with Crippen LogP contribution in [0.3, 0.4) is 0 Å². The molecule has 1 unspecified atom stereocenters. The molecule has 1 aliphatic heterocycles. The highest BCUT2D eigenvalue weighted by Gasteiger charge is 2.19. The van der Waals surface area contributed by atoms with Crippen molar-refractivity contribution < 1.29 is 19.1 Å². The van der Waals surface area contributed by atoms with Crippen LogP contribution in [0.25, 0.3) is 0 Å². The van der Waals surface area contributed by atoms with Crippen LogP contribution in [0.4, 0.5) is 5.69 Å². The predicted octanol–water partition coefficient (Wildman–Crippen LogP) is 2.73. The Kier molecular flexibility index (Phi) is 7.15. The van der Waals surface area contributed by atoms with Crippen LogP contribution in [0.2, 0.25) is 0 Å². The molecule has 2 amide bonds. The molecule has 1 aliphatic rings. The van der Waals surface area contributed by atoms with Crippen molar-refractivity contribution in [3.8, 4) is 5.75 Å². The van der Waals surface area contributed by atoms with E-state index in [1.165, 1.54) is 7.11 Å². The number of para-hydroxylation sites is 2. The highest BCUT2D eigenvalue weighted by Crippen LogP contribution is 2.18. The second kappa shape index (κ2) is 9.99. The number of carbonyl (C=O) groups excluding carboxylic acids is 2. The van der Waals surface area contributed by atoms with Crippen LogP contribution < -0.4 is 20.7 Å². The average Bonchev–Trinajstić information content (AvgIpc) is 3.26. The molecule has 2 aromatic carbocycles. The molecule has 8 heteroatoms. The van der Waals surface area contributed by atoms with Crippen molar-refractivity contribution in [1.82, 2.24) is 10.6 Å². The Morgan fingerprint density at radius 3 is 2.55 bits per heavy atom. The first-order valence-electron chi connectivity index (χ1n) is 9.32. The van der Waals surface area contributed by atoms with Gasteiger partial charge in [-0.15, -0.1) is 0 Å². The minimum atomic E-state index is -0.403. The summed E-state index contributed by atoms with van der Waals surface area (Å²) in [4.78, 5) is 25.1. The molecule has 0 radical (unpaired) electrons. The normalized spacial score (nSPS) is 15.4. The van der Waals surface area contributed by atoms with Gasteiger partial charge in [-0.25, -0.2) is 0 Å². The maximum Gasteiger partial charge on any atom is 0.261 e. The van der Waals surface area contributed by atoms with Gasteiger partial charge in [-0.3, -0.25) is 14.9 Å². The van der Waals surface area contributed by atoms with Crippen LogP contribution in [0.1, 0.15) is 33.6 Å². The van der Waals surface area contributed by atoms with E-state index in [0.717, 1.165) is 19.4 Å². The van der Waals surface area contributed by atoms with Crippen LogP contribution in [0.15, 0.2) is 48.5 Å². The van der Waals surface area contributed by atoms with Crippen LogP contribution >= 0.6 is 12.2 Å². The minimum absolute atomic E-state index is 0.0558. The van der Waals surface area contributed by atoms with Crippen molar-refractivity contribution in [2.24, 2.45) is 0 Å². The fraction of sp³-hybridized carbons (Fsp3) is 0.286. The third kappa shape index (κ3) is 5.52. The van der Waals surface area contributed by atoms with Crippen molar-refractivity contribution in [2.75, 3.05) is 25.6 Å². The number of benzene rings is 2. The molecule has 7 nitrogen and oxygen atoms in total. The standard InChI is InChI=1S/C21H23N3O4S/c1-27-18-11-5-3-9-16(18)20(26)24-21(29)23-17-10-4-2-8-15(17)19(25)22-13-14-7-6-12-28-14/h2-5,8-11,14H,6-7,12-13H2,1H3,(H,22,25)(H2,23,24,26,29). The summed E-state index contributed by atoms with van der Waals surface area (Å²) in [7, 11) is 1.49. The molecular formula is C21H23N3O4S. The molecular weight excluding hydrogens is 390 g/mol. The minimum Gasteiger partial charge on any atom is -0.496 e. The van der Waals surface area contributed by atoms with Gasteiger partial charge in [0.15, 0.2) is 5.11 Å². The zero-order valence-corrected chi connectivity index (χ0v) is 16.9. The van der Waals surface area contributed by atoms with Gasteiger partial charge in [-0.1, -0.05) is 24.3 Å². The van der Waals surface area contributed by atoms with Gasteiger partial charge in [0, 0.05) is 13.2 Å². The average molecular weight is 413 g/mol. The maximum absolute atomic E-state index is 12.6. The molecule has 0 bridgehead atoms. The van der Waals surface area contributed by atoms with Gasteiger partial charge in [0.05, 0.1) is 30.0 Å². The number of anilines is 1. The summed E-state index contributed by atoms with van der Waals surface area (Å²) in [6, 6.07) is 13.8. The molecule has 1 saturated heterocycles. The van der Waals surface area contributed by atoms with E-state index in [9.17, 15) is 9.59 Å². The summed E-state index contributed by atoms with van der Waals surface area (Å²) in [5.41, 5.74) is 1.30. The predicted molar refractivity (Wildman–Crippen MR) is 114 cm³/mol. The van der Waals surface area contributed by atoms with Crippen LogP contribution in [-0.2, 0) is 4.74 Å². The molecule has 0 saturated carbocycles. The first-order valence-corrected chi connectivity index (χ1v) is 9.73. The Morgan fingerprint density at radius 1 is 1.10 bits per heavy atom. The van der Waals surface area contributed by atoms with E-state index in [4.69, 9.17) is 21.7 Å². The molecule has 1 fully saturated rings. The quantitative estimate of drug-likeness (QED) is 0.631. The van der Waals surface area contributed by atoms with Crippen molar-refractivity contribution >= 4 is 34.8 Å². The SMILES string of the molecule is COc1ccccc1C(=O)NC(=S)Nc1ccccc1C(=O)NCC1CCCO1. The molecule has 0 spiro atoms.